The Labute approximate surface area is 120 Å². The van der Waals surface area contributed by atoms with Crippen molar-refractivity contribution in [2.45, 2.75) is 57.4 Å². The summed E-state index contributed by atoms with van der Waals surface area (Å²) in [5.74, 6) is -0.721. The standard InChI is InChI=1S/C15H26N2O3/c18-14(17-12-6-2-3-7-12)10-16-9-11-5-1-4-8-13(11)15(19)20/h11-13,16H,1-10H2,(H,17,18)(H,19,20). The summed E-state index contributed by atoms with van der Waals surface area (Å²) in [6.45, 7) is 0.939. The first-order valence-electron chi connectivity index (χ1n) is 7.89. The molecule has 3 N–H and O–H groups in total. The molecule has 2 fully saturated rings. The van der Waals surface area contributed by atoms with Crippen LogP contribution in [0.1, 0.15) is 51.4 Å². The maximum absolute atomic E-state index is 11.8. The summed E-state index contributed by atoms with van der Waals surface area (Å²) < 4.78 is 0. The van der Waals surface area contributed by atoms with Gasteiger partial charge in [0.2, 0.25) is 5.91 Å². The van der Waals surface area contributed by atoms with Gasteiger partial charge in [0.15, 0.2) is 0 Å². The van der Waals surface area contributed by atoms with Gasteiger partial charge in [0, 0.05) is 6.04 Å². The van der Waals surface area contributed by atoms with Gasteiger partial charge in [-0.1, -0.05) is 25.7 Å². The highest BCUT2D eigenvalue weighted by Crippen LogP contribution is 2.29. The van der Waals surface area contributed by atoms with Crippen molar-refractivity contribution in [3.8, 4) is 0 Å². The molecule has 0 saturated heterocycles. The van der Waals surface area contributed by atoms with Crippen LogP contribution in [0, 0.1) is 11.8 Å². The van der Waals surface area contributed by atoms with Crippen molar-refractivity contribution < 1.29 is 14.7 Å². The highest BCUT2D eigenvalue weighted by molar-refractivity contribution is 5.78. The first-order chi connectivity index (χ1) is 9.66. The van der Waals surface area contributed by atoms with E-state index in [0.717, 1.165) is 38.5 Å². The lowest BCUT2D eigenvalue weighted by molar-refractivity contribution is -0.144. The van der Waals surface area contributed by atoms with Crippen LogP contribution in [0.5, 0.6) is 0 Å². The first-order valence-corrected chi connectivity index (χ1v) is 7.89. The number of amides is 1. The molecule has 0 aliphatic heterocycles. The van der Waals surface area contributed by atoms with Crippen LogP contribution in [0.4, 0.5) is 0 Å². The van der Waals surface area contributed by atoms with Crippen LogP contribution in [0.3, 0.4) is 0 Å². The van der Waals surface area contributed by atoms with Crippen molar-refractivity contribution in [3.05, 3.63) is 0 Å². The molecular formula is C15H26N2O3. The van der Waals surface area contributed by atoms with E-state index in [0.29, 0.717) is 19.1 Å². The second-order valence-electron chi connectivity index (χ2n) is 6.17. The number of carboxylic acid groups (broad SMARTS) is 1. The third kappa shape index (κ3) is 4.47. The maximum atomic E-state index is 11.8. The number of aliphatic carboxylic acids is 1. The molecule has 114 valence electrons. The Hall–Kier alpha value is -1.10. The van der Waals surface area contributed by atoms with Crippen molar-refractivity contribution in [2.75, 3.05) is 13.1 Å². The van der Waals surface area contributed by atoms with Crippen LogP contribution < -0.4 is 10.6 Å². The van der Waals surface area contributed by atoms with Gasteiger partial charge in [-0.2, -0.15) is 0 Å². The molecule has 0 radical (unpaired) electrons. The van der Waals surface area contributed by atoms with Crippen molar-refractivity contribution in [1.29, 1.82) is 0 Å². The van der Waals surface area contributed by atoms with Gasteiger partial charge < -0.3 is 15.7 Å². The Kier molecular flexibility index (Phi) is 5.83. The Bertz CT molecular complexity index is 340. The lowest BCUT2D eigenvalue weighted by Crippen LogP contribution is -2.42. The van der Waals surface area contributed by atoms with Gasteiger partial charge in [-0.25, -0.2) is 0 Å². The van der Waals surface area contributed by atoms with Crippen LogP contribution in [0.25, 0.3) is 0 Å². The van der Waals surface area contributed by atoms with Crippen molar-refractivity contribution >= 4 is 11.9 Å². The number of carbonyl (C=O) groups excluding carboxylic acids is 1. The minimum Gasteiger partial charge on any atom is -0.481 e. The molecule has 0 heterocycles. The van der Waals surface area contributed by atoms with Crippen molar-refractivity contribution in [3.63, 3.8) is 0 Å². The predicted molar refractivity (Wildman–Crippen MR) is 76.4 cm³/mol. The van der Waals surface area contributed by atoms with E-state index >= 15 is 0 Å². The van der Waals surface area contributed by atoms with Crippen LogP contribution in [0.2, 0.25) is 0 Å². The third-order valence-corrected chi connectivity index (χ3v) is 4.64. The largest absolute Gasteiger partial charge is 0.481 e. The Morgan fingerprint density at radius 3 is 2.35 bits per heavy atom. The van der Waals surface area contributed by atoms with Gasteiger partial charge >= 0.3 is 5.97 Å². The van der Waals surface area contributed by atoms with E-state index in [4.69, 9.17) is 0 Å². The van der Waals surface area contributed by atoms with Crippen molar-refractivity contribution in [1.82, 2.24) is 10.6 Å². The zero-order chi connectivity index (χ0) is 14.4. The summed E-state index contributed by atoms with van der Waals surface area (Å²) in [6.07, 6.45) is 8.44. The number of nitrogens with one attached hydrogen (secondary N) is 2. The van der Waals surface area contributed by atoms with Gasteiger partial charge in [-0.3, -0.25) is 9.59 Å². The first kappa shape index (κ1) is 15.3. The van der Waals surface area contributed by atoms with Crippen LogP contribution in [-0.2, 0) is 9.59 Å². The van der Waals surface area contributed by atoms with E-state index in [9.17, 15) is 14.7 Å². The van der Waals surface area contributed by atoms with E-state index in [1.165, 1.54) is 12.8 Å². The van der Waals surface area contributed by atoms with E-state index < -0.39 is 5.97 Å². The molecule has 2 aliphatic carbocycles. The SMILES string of the molecule is O=C(CNCC1CCCCC1C(=O)O)NC1CCCC1. The van der Waals surface area contributed by atoms with Crippen molar-refractivity contribution in [2.24, 2.45) is 11.8 Å². The highest BCUT2D eigenvalue weighted by Gasteiger charge is 2.30. The number of hydrogen-bond acceptors (Lipinski definition) is 3. The molecule has 1 amide bonds. The number of hydrogen-bond donors (Lipinski definition) is 3. The average molecular weight is 282 g/mol. The van der Waals surface area contributed by atoms with Crippen LogP contribution in [-0.4, -0.2) is 36.1 Å². The smallest absolute Gasteiger partial charge is 0.306 e. The van der Waals surface area contributed by atoms with E-state index in [1.807, 2.05) is 0 Å². The molecule has 0 bridgehead atoms. The minimum absolute atomic E-state index is 0.0413. The maximum Gasteiger partial charge on any atom is 0.306 e. The van der Waals surface area contributed by atoms with Gasteiger partial charge in [0.05, 0.1) is 12.5 Å². The molecular weight excluding hydrogens is 256 g/mol. The Morgan fingerprint density at radius 1 is 1.00 bits per heavy atom. The molecule has 2 saturated carbocycles. The fraction of sp³-hybridized carbons (Fsp3) is 0.867. The molecule has 0 aromatic rings. The zero-order valence-electron chi connectivity index (χ0n) is 12.1. The summed E-state index contributed by atoms with van der Waals surface area (Å²) in [4.78, 5) is 23.0. The topological polar surface area (TPSA) is 78.4 Å². The van der Waals surface area contributed by atoms with Gasteiger partial charge in [-0.15, -0.1) is 0 Å². The summed E-state index contributed by atoms with van der Waals surface area (Å²) in [5, 5.41) is 15.4. The minimum atomic E-state index is -0.688. The second-order valence-corrected chi connectivity index (χ2v) is 6.17. The van der Waals surface area contributed by atoms with Crippen LogP contribution in [0.15, 0.2) is 0 Å². The van der Waals surface area contributed by atoms with Gasteiger partial charge in [0.25, 0.3) is 0 Å². The lowest BCUT2D eigenvalue weighted by atomic mass is 9.79. The molecule has 20 heavy (non-hydrogen) atoms. The lowest BCUT2D eigenvalue weighted by Gasteiger charge is -2.28. The quantitative estimate of drug-likeness (QED) is 0.690. The molecule has 0 aromatic carbocycles. The number of carbonyl (C=O) groups is 2. The van der Waals surface area contributed by atoms with E-state index in [-0.39, 0.29) is 17.7 Å². The summed E-state index contributed by atoms with van der Waals surface area (Å²) in [7, 11) is 0. The summed E-state index contributed by atoms with van der Waals surface area (Å²) >= 11 is 0. The number of rotatable bonds is 6. The molecule has 5 heteroatoms. The van der Waals surface area contributed by atoms with E-state index in [2.05, 4.69) is 10.6 Å². The fourth-order valence-corrected chi connectivity index (χ4v) is 3.50. The molecule has 2 unspecified atom stereocenters. The zero-order valence-corrected chi connectivity index (χ0v) is 12.1. The molecule has 0 aromatic heterocycles. The average Bonchev–Trinajstić information content (AvgIpc) is 2.92. The Morgan fingerprint density at radius 2 is 1.65 bits per heavy atom. The highest BCUT2D eigenvalue weighted by atomic mass is 16.4. The Balaban J connectivity index is 1.65. The van der Waals surface area contributed by atoms with Gasteiger partial charge in [0.1, 0.15) is 0 Å². The van der Waals surface area contributed by atoms with E-state index in [1.54, 1.807) is 0 Å². The normalized spacial score (nSPS) is 27.4. The fourth-order valence-electron chi connectivity index (χ4n) is 3.50. The molecule has 2 aliphatic rings. The second kappa shape index (κ2) is 7.62. The summed E-state index contributed by atoms with van der Waals surface area (Å²) in [5.41, 5.74) is 0. The number of carboxylic acids is 1. The third-order valence-electron chi connectivity index (χ3n) is 4.64. The predicted octanol–water partition coefficient (Wildman–Crippen LogP) is 1.53. The summed E-state index contributed by atoms with van der Waals surface area (Å²) in [6, 6.07) is 0.353. The monoisotopic (exact) mass is 282 g/mol. The molecule has 2 rings (SSSR count). The molecule has 2 atom stereocenters. The van der Waals surface area contributed by atoms with Crippen LogP contribution >= 0.6 is 0 Å². The molecule has 5 nitrogen and oxygen atoms in total. The van der Waals surface area contributed by atoms with Gasteiger partial charge in [-0.05, 0) is 38.1 Å². The molecule has 0 spiro atoms.